The van der Waals surface area contributed by atoms with E-state index in [9.17, 15) is 18.5 Å². The minimum Gasteiger partial charge on any atom is -0.258 e. The van der Waals surface area contributed by atoms with Crippen LogP contribution in [0, 0.1) is 28.4 Å². The molecule has 0 bridgehead atoms. The van der Waals surface area contributed by atoms with E-state index in [-0.39, 0.29) is 23.9 Å². The van der Waals surface area contributed by atoms with E-state index in [1.54, 1.807) is 0 Å². The summed E-state index contributed by atoms with van der Waals surface area (Å²) in [4.78, 5) is 10.2. The van der Waals surface area contributed by atoms with Crippen LogP contribution in [-0.2, 0) is 10.0 Å². The lowest BCUT2D eigenvalue weighted by Gasteiger charge is -2.21. The average Bonchev–Trinajstić information content (AvgIpc) is 3.22. The molecule has 0 heterocycles. The first-order valence-corrected chi connectivity index (χ1v) is 7.96. The maximum atomic E-state index is 12.8. The highest BCUT2D eigenvalue weighted by atomic mass is 32.2. The van der Waals surface area contributed by atoms with E-state index in [0.29, 0.717) is 5.56 Å². The van der Waals surface area contributed by atoms with Gasteiger partial charge >= 0.3 is 0 Å². The Kier molecular flexibility index (Phi) is 4.25. The van der Waals surface area contributed by atoms with Gasteiger partial charge in [-0.3, -0.25) is 10.1 Å². The first-order valence-electron chi connectivity index (χ1n) is 6.52. The van der Waals surface area contributed by atoms with E-state index < -0.39 is 20.6 Å². The predicted molar refractivity (Wildman–Crippen MR) is 75.0 cm³/mol. The number of nitriles is 1. The van der Waals surface area contributed by atoms with Crippen LogP contribution < -0.4 is 0 Å². The molecule has 112 valence electrons. The van der Waals surface area contributed by atoms with Crippen LogP contribution in [0.4, 0.5) is 5.69 Å². The Morgan fingerprint density at radius 3 is 2.67 bits per heavy atom. The van der Waals surface area contributed by atoms with Gasteiger partial charge in [0.15, 0.2) is 4.90 Å². The number of aryl methyl sites for hydroxylation is 1. The van der Waals surface area contributed by atoms with E-state index in [1.807, 2.05) is 6.07 Å². The van der Waals surface area contributed by atoms with Crippen LogP contribution in [-0.4, -0.2) is 30.2 Å². The number of hydrogen-bond donors (Lipinski definition) is 0. The molecule has 0 spiro atoms. The minimum absolute atomic E-state index is 0.0645. The highest BCUT2D eigenvalue weighted by molar-refractivity contribution is 7.89. The molecule has 1 fully saturated rings. The lowest BCUT2D eigenvalue weighted by molar-refractivity contribution is -0.387. The summed E-state index contributed by atoms with van der Waals surface area (Å²) >= 11 is 0. The van der Waals surface area contributed by atoms with Gasteiger partial charge in [0, 0.05) is 25.1 Å². The van der Waals surface area contributed by atoms with Gasteiger partial charge in [-0.05, 0) is 25.3 Å². The fourth-order valence-electron chi connectivity index (χ4n) is 2.26. The van der Waals surface area contributed by atoms with E-state index in [0.717, 1.165) is 12.8 Å². The number of nitro benzene ring substituents is 1. The van der Waals surface area contributed by atoms with Crippen molar-refractivity contribution in [3.05, 3.63) is 33.9 Å². The van der Waals surface area contributed by atoms with Crippen molar-refractivity contribution < 1.29 is 13.3 Å². The summed E-state index contributed by atoms with van der Waals surface area (Å²) in [5, 5.41) is 19.8. The molecular formula is C13H15N3O4S. The SMILES string of the molecule is Cc1cccc([N+](=O)[O-])c1S(=O)(=O)N(CCC#N)C1CC1. The van der Waals surface area contributed by atoms with Crippen molar-refractivity contribution >= 4 is 15.7 Å². The molecule has 0 saturated heterocycles. The molecule has 8 heteroatoms. The molecule has 0 radical (unpaired) electrons. The quantitative estimate of drug-likeness (QED) is 0.590. The molecule has 0 unspecified atom stereocenters. The number of benzene rings is 1. The third kappa shape index (κ3) is 3.04. The van der Waals surface area contributed by atoms with Gasteiger partial charge in [0.05, 0.1) is 11.0 Å². The lowest BCUT2D eigenvalue weighted by atomic mass is 10.2. The molecular weight excluding hydrogens is 294 g/mol. The standard InChI is InChI=1S/C13H15N3O4S/c1-10-4-2-5-12(16(17)18)13(10)21(19,20)15(9-3-8-14)11-6-7-11/h2,4-5,11H,3,6-7,9H2,1H3. The average molecular weight is 309 g/mol. The third-order valence-electron chi connectivity index (χ3n) is 3.35. The highest BCUT2D eigenvalue weighted by Crippen LogP contribution is 2.36. The molecule has 7 nitrogen and oxygen atoms in total. The van der Waals surface area contributed by atoms with Crippen molar-refractivity contribution in [3.63, 3.8) is 0 Å². The van der Waals surface area contributed by atoms with Crippen molar-refractivity contribution in [1.29, 1.82) is 5.26 Å². The first kappa shape index (κ1) is 15.4. The van der Waals surface area contributed by atoms with E-state index in [2.05, 4.69) is 0 Å². The Labute approximate surface area is 123 Å². The summed E-state index contributed by atoms with van der Waals surface area (Å²) < 4.78 is 26.8. The number of nitro groups is 1. The Balaban J connectivity index is 2.52. The molecule has 1 aromatic carbocycles. The van der Waals surface area contributed by atoms with E-state index >= 15 is 0 Å². The van der Waals surface area contributed by atoms with Gasteiger partial charge in [0.1, 0.15) is 0 Å². The van der Waals surface area contributed by atoms with Gasteiger partial charge in [0.25, 0.3) is 5.69 Å². The first-order chi connectivity index (χ1) is 9.89. The summed E-state index contributed by atoms with van der Waals surface area (Å²) in [5.74, 6) is 0. The number of sulfonamides is 1. The summed E-state index contributed by atoms with van der Waals surface area (Å²) in [7, 11) is -3.98. The van der Waals surface area contributed by atoms with Crippen LogP contribution in [0.15, 0.2) is 23.1 Å². The highest BCUT2D eigenvalue weighted by Gasteiger charge is 2.41. The van der Waals surface area contributed by atoms with Crippen LogP contribution >= 0.6 is 0 Å². The Bertz CT molecular complexity index is 705. The third-order valence-corrected chi connectivity index (χ3v) is 5.50. The van der Waals surface area contributed by atoms with Crippen molar-refractivity contribution in [2.45, 2.75) is 37.1 Å². The number of hydrogen-bond acceptors (Lipinski definition) is 5. The molecule has 1 aliphatic rings. The maximum Gasteiger partial charge on any atom is 0.289 e. The molecule has 0 aromatic heterocycles. The van der Waals surface area contributed by atoms with Gasteiger partial charge in [-0.1, -0.05) is 12.1 Å². The fourth-order valence-corrected chi connectivity index (χ4v) is 4.31. The van der Waals surface area contributed by atoms with Gasteiger partial charge in [-0.15, -0.1) is 0 Å². The van der Waals surface area contributed by atoms with Crippen LogP contribution in [0.25, 0.3) is 0 Å². The van der Waals surface area contributed by atoms with Crippen LogP contribution in [0.2, 0.25) is 0 Å². The molecule has 1 saturated carbocycles. The summed E-state index contributed by atoms with van der Waals surface area (Å²) in [6.45, 7) is 1.60. The van der Waals surface area contributed by atoms with Crippen molar-refractivity contribution in [2.24, 2.45) is 0 Å². The minimum atomic E-state index is -3.98. The Hall–Kier alpha value is -1.98. The summed E-state index contributed by atoms with van der Waals surface area (Å²) in [6.07, 6.45) is 1.52. The zero-order valence-corrected chi connectivity index (χ0v) is 12.3. The smallest absolute Gasteiger partial charge is 0.258 e. The van der Waals surface area contributed by atoms with Gasteiger partial charge in [-0.25, -0.2) is 8.42 Å². The van der Waals surface area contributed by atoms with Crippen LogP contribution in [0.1, 0.15) is 24.8 Å². The summed E-state index contributed by atoms with van der Waals surface area (Å²) in [6, 6.07) is 5.95. The second kappa shape index (κ2) is 5.79. The Morgan fingerprint density at radius 2 is 2.14 bits per heavy atom. The maximum absolute atomic E-state index is 12.8. The molecule has 0 atom stereocenters. The monoisotopic (exact) mass is 309 g/mol. The summed E-state index contributed by atoms with van der Waals surface area (Å²) in [5.41, 5.74) is -0.0792. The molecule has 21 heavy (non-hydrogen) atoms. The van der Waals surface area contributed by atoms with Gasteiger partial charge in [0.2, 0.25) is 10.0 Å². The normalized spacial score (nSPS) is 14.9. The number of rotatable bonds is 6. The molecule has 0 N–H and O–H groups in total. The zero-order valence-electron chi connectivity index (χ0n) is 11.5. The van der Waals surface area contributed by atoms with Crippen LogP contribution in [0.3, 0.4) is 0 Å². The molecule has 1 aromatic rings. The largest absolute Gasteiger partial charge is 0.289 e. The second-order valence-corrected chi connectivity index (χ2v) is 6.76. The van der Waals surface area contributed by atoms with Gasteiger partial charge in [-0.2, -0.15) is 9.57 Å². The van der Waals surface area contributed by atoms with E-state index in [4.69, 9.17) is 5.26 Å². The van der Waals surface area contributed by atoms with E-state index in [1.165, 1.54) is 29.4 Å². The van der Waals surface area contributed by atoms with Gasteiger partial charge < -0.3 is 0 Å². The zero-order chi connectivity index (χ0) is 15.6. The molecule has 0 aliphatic heterocycles. The van der Waals surface area contributed by atoms with Crippen molar-refractivity contribution in [2.75, 3.05) is 6.54 Å². The number of nitrogens with zero attached hydrogens (tertiary/aromatic N) is 3. The molecule has 0 amide bonds. The van der Waals surface area contributed by atoms with Crippen molar-refractivity contribution in [3.8, 4) is 6.07 Å². The molecule has 2 rings (SSSR count). The molecule has 1 aliphatic carbocycles. The van der Waals surface area contributed by atoms with Crippen LogP contribution in [0.5, 0.6) is 0 Å². The lowest BCUT2D eigenvalue weighted by Crippen LogP contribution is -2.34. The predicted octanol–water partition coefficient (Wildman–Crippen LogP) is 1.97. The Morgan fingerprint density at radius 1 is 1.48 bits per heavy atom. The second-order valence-electron chi connectivity index (χ2n) is 4.94. The fraction of sp³-hybridized carbons (Fsp3) is 0.462. The van der Waals surface area contributed by atoms with Crippen molar-refractivity contribution in [1.82, 2.24) is 4.31 Å². The topological polar surface area (TPSA) is 104 Å².